The number of carbonyl (C=O) groups excluding carboxylic acids is 2. The van der Waals surface area contributed by atoms with E-state index in [0.717, 1.165) is 0 Å². The number of esters is 1. The molecule has 0 saturated carbocycles. The van der Waals surface area contributed by atoms with Gasteiger partial charge in [0.1, 0.15) is 0 Å². The molecule has 0 aliphatic heterocycles. The summed E-state index contributed by atoms with van der Waals surface area (Å²) in [6.45, 7) is 5.50. The maximum Gasteiger partial charge on any atom is 0.379 e. The summed E-state index contributed by atoms with van der Waals surface area (Å²) in [5, 5.41) is 0.263. The second-order valence-electron chi connectivity index (χ2n) is 4.59. The van der Waals surface area contributed by atoms with Gasteiger partial charge in [0.15, 0.2) is 11.5 Å². The Bertz CT molecular complexity index is 551. The molecule has 1 aromatic carbocycles. The Morgan fingerprint density at radius 1 is 1.24 bits per heavy atom. The van der Waals surface area contributed by atoms with Gasteiger partial charge in [0.05, 0.1) is 25.8 Å². The largest absolute Gasteiger partial charge is 0.493 e. The number of benzene rings is 1. The molecule has 5 nitrogen and oxygen atoms in total. The van der Waals surface area contributed by atoms with Crippen LogP contribution in [0.4, 0.5) is 0 Å². The van der Waals surface area contributed by atoms with E-state index in [9.17, 15) is 9.59 Å². The second kappa shape index (κ2) is 7.31. The van der Waals surface area contributed by atoms with Crippen LogP contribution in [0.5, 0.6) is 11.5 Å². The number of Topliss-reactive ketones (excluding diaryl/α,β-unsaturated/α-hetero) is 1. The first-order chi connectivity index (χ1) is 9.88. The summed E-state index contributed by atoms with van der Waals surface area (Å²) in [7, 11) is 2.89. The summed E-state index contributed by atoms with van der Waals surface area (Å²) in [4.78, 5) is 23.9. The highest BCUT2D eigenvalue weighted by atomic mass is 35.5. The van der Waals surface area contributed by atoms with E-state index in [1.165, 1.54) is 20.3 Å². The minimum Gasteiger partial charge on any atom is -0.493 e. The molecule has 0 amide bonds. The predicted molar refractivity (Wildman–Crippen MR) is 79.6 cm³/mol. The Labute approximate surface area is 129 Å². The van der Waals surface area contributed by atoms with Crippen molar-refractivity contribution >= 4 is 23.4 Å². The smallest absolute Gasteiger partial charge is 0.379 e. The van der Waals surface area contributed by atoms with Gasteiger partial charge >= 0.3 is 5.97 Å². The van der Waals surface area contributed by atoms with Crippen molar-refractivity contribution in [3.05, 3.63) is 22.2 Å². The first kappa shape index (κ1) is 17.3. The molecule has 0 aliphatic rings. The zero-order chi connectivity index (χ0) is 16.2. The number of methoxy groups -OCH3 is 2. The predicted octanol–water partition coefficient (Wildman–Crippen LogP) is 3.23. The van der Waals surface area contributed by atoms with Crippen LogP contribution in [0.15, 0.2) is 6.07 Å². The molecule has 0 spiro atoms. The molecule has 0 aliphatic carbocycles. The Hall–Kier alpha value is -1.75. The number of ketones is 1. The summed E-state index contributed by atoms with van der Waals surface area (Å²) >= 11 is 6.31. The topological polar surface area (TPSA) is 61.8 Å². The molecule has 0 fully saturated rings. The normalized spacial score (nSPS) is 10.4. The molecule has 1 aromatic rings. The third-order valence-electron chi connectivity index (χ3n) is 2.93. The molecule has 0 bridgehead atoms. The van der Waals surface area contributed by atoms with Gasteiger partial charge in [0.2, 0.25) is 0 Å². The van der Waals surface area contributed by atoms with Crippen LogP contribution in [0.1, 0.15) is 42.6 Å². The van der Waals surface area contributed by atoms with Crippen LogP contribution < -0.4 is 9.47 Å². The Balaban J connectivity index is 3.53. The Morgan fingerprint density at radius 2 is 1.86 bits per heavy atom. The minimum absolute atomic E-state index is 0.0781. The minimum atomic E-state index is -0.914. The van der Waals surface area contributed by atoms with E-state index in [0.29, 0.717) is 17.1 Å². The molecule has 116 valence electrons. The van der Waals surface area contributed by atoms with E-state index in [2.05, 4.69) is 0 Å². The van der Waals surface area contributed by atoms with Crippen molar-refractivity contribution in [2.24, 2.45) is 0 Å². The SMILES string of the molecule is CCOC(=O)C(=O)c1cc(OC)c(OC)c(Cl)c1C(C)C. The molecule has 1 rings (SSSR count). The fourth-order valence-corrected chi connectivity index (χ4v) is 2.51. The maximum absolute atomic E-state index is 12.3. The quantitative estimate of drug-likeness (QED) is 0.458. The average Bonchev–Trinajstić information content (AvgIpc) is 2.44. The number of ether oxygens (including phenoxy) is 3. The molecule has 0 unspecified atom stereocenters. The number of hydrogen-bond acceptors (Lipinski definition) is 5. The molecule has 0 atom stereocenters. The van der Waals surface area contributed by atoms with E-state index in [1.807, 2.05) is 13.8 Å². The lowest BCUT2D eigenvalue weighted by Crippen LogP contribution is -2.20. The van der Waals surface area contributed by atoms with Gasteiger partial charge in [0, 0.05) is 5.56 Å². The second-order valence-corrected chi connectivity index (χ2v) is 4.97. The molecule has 0 radical (unpaired) electrons. The molecular formula is C15H19ClO5. The highest BCUT2D eigenvalue weighted by molar-refractivity contribution is 6.42. The van der Waals surface area contributed by atoms with Crippen molar-refractivity contribution in [2.45, 2.75) is 26.7 Å². The fraction of sp³-hybridized carbons (Fsp3) is 0.467. The Kier molecular flexibility index (Phi) is 6.03. The van der Waals surface area contributed by atoms with Crippen LogP contribution >= 0.6 is 11.6 Å². The van der Waals surface area contributed by atoms with Crippen LogP contribution in [-0.2, 0) is 9.53 Å². The van der Waals surface area contributed by atoms with Crippen molar-refractivity contribution in [3.8, 4) is 11.5 Å². The van der Waals surface area contributed by atoms with E-state index in [4.69, 9.17) is 25.8 Å². The van der Waals surface area contributed by atoms with Crippen LogP contribution in [-0.4, -0.2) is 32.6 Å². The molecular weight excluding hydrogens is 296 g/mol. The lowest BCUT2D eigenvalue weighted by molar-refractivity contribution is -0.137. The summed E-state index contributed by atoms with van der Waals surface area (Å²) in [6.07, 6.45) is 0. The van der Waals surface area contributed by atoms with Gasteiger partial charge in [-0.3, -0.25) is 4.79 Å². The van der Waals surface area contributed by atoms with Gasteiger partial charge in [-0.1, -0.05) is 25.4 Å². The third kappa shape index (κ3) is 3.47. The number of rotatable bonds is 6. The van der Waals surface area contributed by atoms with Gasteiger partial charge in [-0.2, -0.15) is 0 Å². The zero-order valence-electron chi connectivity index (χ0n) is 12.8. The van der Waals surface area contributed by atoms with Crippen molar-refractivity contribution in [1.29, 1.82) is 0 Å². The van der Waals surface area contributed by atoms with Crippen molar-refractivity contribution in [1.82, 2.24) is 0 Å². The lowest BCUT2D eigenvalue weighted by atomic mass is 9.93. The molecule has 0 saturated heterocycles. The zero-order valence-corrected chi connectivity index (χ0v) is 13.5. The fourth-order valence-electron chi connectivity index (χ4n) is 2.02. The van der Waals surface area contributed by atoms with Crippen molar-refractivity contribution < 1.29 is 23.8 Å². The van der Waals surface area contributed by atoms with E-state index < -0.39 is 11.8 Å². The standard InChI is InChI=1S/C15H19ClO5/c1-6-21-15(18)13(17)9-7-10(19-4)14(20-5)12(16)11(9)8(2)3/h7-8H,6H2,1-5H3. The molecule has 0 heterocycles. The lowest BCUT2D eigenvalue weighted by Gasteiger charge is -2.18. The van der Waals surface area contributed by atoms with E-state index >= 15 is 0 Å². The van der Waals surface area contributed by atoms with Gasteiger partial charge in [-0.15, -0.1) is 0 Å². The first-order valence-electron chi connectivity index (χ1n) is 6.54. The van der Waals surface area contributed by atoms with Crippen LogP contribution in [0, 0.1) is 0 Å². The average molecular weight is 315 g/mol. The molecule has 21 heavy (non-hydrogen) atoms. The number of carbonyl (C=O) groups is 2. The third-order valence-corrected chi connectivity index (χ3v) is 3.31. The van der Waals surface area contributed by atoms with Crippen LogP contribution in [0.2, 0.25) is 5.02 Å². The maximum atomic E-state index is 12.3. The van der Waals surface area contributed by atoms with Gasteiger partial charge < -0.3 is 14.2 Å². The van der Waals surface area contributed by atoms with Crippen LogP contribution in [0.3, 0.4) is 0 Å². The van der Waals surface area contributed by atoms with Crippen LogP contribution in [0.25, 0.3) is 0 Å². The van der Waals surface area contributed by atoms with Crippen molar-refractivity contribution in [2.75, 3.05) is 20.8 Å². The molecule has 0 N–H and O–H groups in total. The highest BCUT2D eigenvalue weighted by Gasteiger charge is 2.28. The van der Waals surface area contributed by atoms with Gasteiger partial charge in [-0.05, 0) is 24.5 Å². The summed E-state index contributed by atoms with van der Waals surface area (Å²) in [6, 6.07) is 1.46. The van der Waals surface area contributed by atoms with E-state index in [1.54, 1.807) is 6.92 Å². The highest BCUT2D eigenvalue weighted by Crippen LogP contribution is 2.42. The molecule has 0 aromatic heterocycles. The van der Waals surface area contributed by atoms with E-state index in [-0.39, 0.29) is 23.1 Å². The van der Waals surface area contributed by atoms with Gasteiger partial charge in [-0.25, -0.2) is 4.79 Å². The number of hydrogen-bond donors (Lipinski definition) is 0. The monoisotopic (exact) mass is 314 g/mol. The number of halogens is 1. The van der Waals surface area contributed by atoms with Crippen molar-refractivity contribution in [3.63, 3.8) is 0 Å². The van der Waals surface area contributed by atoms with Gasteiger partial charge in [0.25, 0.3) is 5.78 Å². The summed E-state index contributed by atoms with van der Waals surface area (Å²) < 4.78 is 15.1. The summed E-state index contributed by atoms with van der Waals surface area (Å²) in [5.74, 6) is -1.11. The molecule has 6 heteroatoms. The Morgan fingerprint density at radius 3 is 2.29 bits per heavy atom. The summed E-state index contributed by atoms with van der Waals surface area (Å²) in [5.41, 5.74) is 0.707. The first-order valence-corrected chi connectivity index (χ1v) is 6.92.